The van der Waals surface area contributed by atoms with Crippen molar-refractivity contribution < 1.29 is 0 Å². The molecule has 0 saturated heterocycles. The molecule has 0 radical (unpaired) electrons. The van der Waals surface area contributed by atoms with E-state index in [1.54, 1.807) is 10.8 Å². The van der Waals surface area contributed by atoms with Gasteiger partial charge < -0.3 is 0 Å². The van der Waals surface area contributed by atoms with E-state index in [9.17, 15) is 4.79 Å². The first-order valence-electron chi connectivity index (χ1n) is 8.54. The quantitative estimate of drug-likeness (QED) is 0.414. The first-order valence-corrected chi connectivity index (χ1v) is 9.62. The van der Waals surface area contributed by atoms with Crippen LogP contribution in [0, 0.1) is 3.57 Å². The van der Waals surface area contributed by atoms with Crippen LogP contribution in [0.2, 0.25) is 0 Å². The van der Waals surface area contributed by atoms with Crippen LogP contribution >= 0.6 is 22.6 Å². The Kier molecular flexibility index (Phi) is 5.11. The van der Waals surface area contributed by atoms with Crippen LogP contribution in [0.25, 0.3) is 23.1 Å². The molecular formula is C22H16IN3O. The first kappa shape index (κ1) is 17.6. The minimum Gasteiger partial charge on any atom is -0.288 e. The Morgan fingerprint density at radius 2 is 1.78 bits per heavy atom. The van der Waals surface area contributed by atoms with Crippen LogP contribution in [0.15, 0.2) is 77.7 Å². The molecule has 132 valence electrons. The number of benzene rings is 2. The lowest BCUT2D eigenvalue weighted by molar-refractivity contribution is 0.738. The summed E-state index contributed by atoms with van der Waals surface area (Å²) in [5, 5.41) is 0.632. The van der Waals surface area contributed by atoms with E-state index >= 15 is 0 Å². The molecule has 0 N–H and O–H groups in total. The SMILES string of the molecule is O=c1c2cc(I)ccc2nc(/C=C/c2ccccn2)n1Cc1ccccc1. The monoisotopic (exact) mass is 465 g/mol. The molecule has 0 amide bonds. The predicted octanol–water partition coefficient (Wildman–Crippen LogP) is 4.61. The van der Waals surface area contributed by atoms with Crippen molar-refractivity contribution in [2.75, 3.05) is 0 Å². The first-order chi connectivity index (χ1) is 13.2. The highest BCUT2D eigenvalue weighted by molar-refractivity contribution is 14.1. The molecule has 2 aromatic carbocycles. The number of hydrogen-bond acceptors (Lipinski definition) is 3. The molecule has 0 atom stereocenters. The molecule has 0 spiro atoms. The molecule has 2 heterocycles. The second-order valence-electron chi connectivity index (χ2n) is 6.10. The van der Waals surface area contributed by atoms with Crippen molar-refractivity contribution in [1.29, 1.82) is 0 Å². The van der Waals surface area contributed by atoms with Crippen LogP contribution in [-0.2, 0) is 6.54 Å². The van der Waals surface area contributed by atoms with E-state index in [4.69, 9.17) is 4.98 Å². The normalized spacial score (nSPS) is 11.3. The van der Waals surface area contributed by atoms with E-state index in [0.717, 1.165) is 14.8 Å². The number of aromatic nitrogens is 3. The summed E-state index contributed by atoms with van der Waals surface area (Å²) in [6, 6.07) is 21.4. The molecule has 4 rings (SSSR count). The second-order valence-corrected chi connectivity index (χ2v) is 7.34. The van der Waals surface area contributed by atoms with Crippen molar-refractivity contribution in [2.45, 2.75) is 6.54 Å². The van der Waals surface area contributed by atoms with Crippen LogP contribution in [0.4, 0.5) is 0 Å². The van der Waals surface area contributed by atoms with Gasteiger partial charge in [-0.3, -0.25) is 14.3 Å². The molecule has 5 heteroatoms. The lowest BCUT2D eigenvalue weighted by Crippen LogP contribution is -2.24. The molecule has 27 heavy (non-hydrogen) atoms. The zero-order valence-electron chi connectivity index (χ0n) is 14.4. The van der Waals surface area contributed by atoms with Crippen molar-refractivity contribution in [3.8, 4) is 0 Å². The number of fused-ring (bicyclic) bond motifs is 1. The molecule has 0 bridgehead atoms. The highest BCUT2D eigenvalue weighted by Crippen LogP contribution is 2.15. The minimum atomic E-state index is -0.0389. The van der Waals surface area contributed by atoms with Gasteiger partial charge in [-0.1, -0.05) is 36.4 Å². The Labute approximate surface area is 170 Å². The van der Waals surface area contributed by atoms with Gasteiger partial charge >= 0.3 is 0 Å². The van der Waals surface area contributed by atoms with Crippen LogP contribution < -0.4 is 5.56 Å². The molecule has 0 aliphatic rings. The zero-order chi connectivity index (χ0) is 18.6. The van der Waals surface area contributed by atoms with E-state index in [1.807, 2.05) is 78.9 Å². The van der Waals surface area contributed by atoms with E-state index < -0.39 is 0 Å². The number of halogens is 1. The lowest BCUT2D eigenvalue weighted by Gasteiger charge is -2.11. The minimum absolute atomic E-state index is 0.0389. The summed E-state index contributed by atoms with van der Waals surface area (Å²) in [5.41, 5.74) is 2.54. The fraction of sp³-hybridized carbons (Fsp3) is 0.0455. The van der Waals surface area contributed by atoms with Gasteiger partial charge in [-0.05, 0) is 70.6 Å². The van der Waals surface area contributed by atoms with E-state index in [0.29, 0.717) is 23.3 Å². The van der Waals surface area contributed by atoms with Gasteiger partial charge in [0.1, 0.15) is 5.82 Å². The molecule has 0 saturated carbocycles. The maximum atomic E-state index is 13.2. The van der Waals surface area contributed by atoms with Crippen LogP contribution in [0.1, 0.15) is 17.1 Å². The van der Waals surface area contributed by atoms with Crippen molar-refractivity contribution in [3.63, 3.8) is 0 Å². The summed E-state index contributed by atoms with van der Waals surface area (Å²) in [6.07, 6.45) is 5.47. The largest absolute Gasteiger partial charge is 0.288 e. The third-order valence-corrected chi connectivity index (χ3v) is 4.89. The van der Waals surface area contributed by atoms with Gasteiger partial charge in [-0.2, -0.15) is 0 Å². The third kappa shape index (κ3) is 3.98. The van der Waals surface area contributed by atoms with Crippen LogP contribution in [-0.4, -0.2) is 14.5 Å². The Balaban J connectivity index is 1.87. The van der Waals surface area contributed by atoms with Crippen LogP contribution in [0.5, 0.6) is 0 Å². The number of pyridine rings is 1. The molecule has 2 aromatic heterocycles. The molecule has 0 aliphatic carbocycles. The average Bonchev–Trinajstić information content (AvgIpc) is 2.71. The predicted molar refractivity (Wildman–Crippen MR) is 117 cm³/mol. The molecule has 0 aliphatic heterocycles. The highest BCUT2D eigenvalue weighted by atomic mass is 127. The van der Waals surface area contributed by atoms with Crippen molar-refractivity contribution >= 4 is 45.6 Å². The molecule has 4 aromatic rings. The molecular weight excluding hydrogens is 449 g/mol. The van der Waals surface area contributed by atoms with E-state index in [1.165, 1.54) is 0 Å². The number of rotatable bonds is 4. The third-order valence-electron chi connectivity index (χ3n) is 4.22. The zero-order valence-corrected chi connectivity index (χ0v) is 16.6. The molecule has 0 unspecified atom stereocenters. The van der Waals surface area contributed by atoms with Crippen LogP contribution in [0.3, 0.4) is 0 Å². The van der Waals surface area contributed by atoms with Crippen molar-refractivity contribution in [1.82, 2.24) is 14.5 Å². The van der Waals surface area contributed by atoms with Gasteiger partial charge in [0, 0.05) is 9.77 Å². The van der Waals surface area contributed by atoms with Crippen molar-refractivity contribution in [2.24, 2.45) is 0 Å². The maximum Gasteiger partial charge on any atom is 0.261 e. The van der Waals surface area contributed by atoms with E-state index in [-0.39, 0.29) is 5.56 Å². The maximum absolute atomic E-state index is 13.2. The van der Waals surface area contributed by atoms with Gasteiger partial charge in [0.2, 0.25) is 0 Å². The smallest absolute Gasteiger partial charge is 0.261 e. The molecule has 0 fully saturated rings. The topological polar surface area (TPSA) is 47.8 Å². The van der Waals surface area contributed by atoms with Gasteiger partial charge in [-0.25, -0.2) is 4.98 Å². The highest BCUT2D eigenvalue weighted by Gasteiger charge is 2.10. The van der Waals surface area contributed by atoms with Crippen molar-refractivity contribution in [3.05, 3.63) is 104 Å². The Morgan fingerprint density at radius 1 is 0.963 bits per heavy atom. The van der Waals surface area contributed by atoms with Gasteiger partial charge in [0.15, 0.2) is 0 Å². The summed E-state index contributed by atoms with van der Waals surface area (Å²) < 4.78 is 2.73. The standard InChI is InChI=1S/C22H16IN3O/c23-17-9-11-20-19(14-17)22(27)26(15-16-6-2-1-3-7-16)21(25-20)12-10-18-8-4-5-13-24-18/h1-14H,15H2/b12-10+. The Morgan fingerprint density at radius 3 is 2.56 bits per heavy atom. The Bertz CT molecular complexity index is 1170. The fourth-order valence-corrected chi connectivity index (χ4v) is 3.38. The summed E-state index contributed by atoms with van der Waals surface area (Å²) in [4.78, 5) is 22.2. The fourth-order valence-electron chi connectivity index (χ4n) is 2.89. The summed E-state index contributed by atoms with van der Waals surface area (Å²) in [7, 11) is 0. The average molecular weight is 465 g/mol. The number of hydrogen-bond donors (Lipinski definition) is 0. The summed E-state index contributed by atoms with van der Waals surface area (Å²) in [5.74, 6) is 0.614. The Hall–Kier alpha value is -2.80. The summed E-state index contributed by atoms with van der Waals surface area (Å²) in [6.45, 7) is 0.468. The summed E-state index contributed by atoms with van der Waals surface area (Å²) >= 11 is 2.21. The van der Waals surface area contributed by atoms with Gasteiger partial charge in [0.05, 0.1) is 23.1 Å². The van der Waals surface area contributed by atoms with Gasteiger partial charge in [-0.15, -0.1) is 0 Å². The second kappa shape index (κ2) is 7.84. The molecule has 4 nitrogen and oxygen atoms in total. The number of nitrogens with zero attached hydrogens (tertiary/aromatic N) is 3. The van der Waals surface area contributed by atoms with Gasteiger partial charge in [0.25, 0.3) is 5.56 Å². The van der Waals surface area contributed by atoms with E-state index in [2.05, 4.69) is 27.6 Å². The lowest BCUT2D eigenvalue weighted by atomic mass is 10.2.